The molecule has 1 aliphatic carbocycles. The van der Waals surface area contributed by atoms with Gasteiger partial charge in [-0.25, -0.2) is 10.4 Å². The van der Waals surface area contributed by atoms with Gasteiger partial charge in [0, 0.05) is 22.6 Å². The third-order valence-corrected chi connectivity index (χ3v) is 6.37. The third-order valence-electron chi connectivity index (χ3n) is 5.17. The molecule has 3 aromatic rings. The lowest BCUT2D eigenvalue weighted by Gasteiger charge is -2.14. The van der Waals surface area contributed by atoms with Crippen LogP contribution in [-0.4, -0.2) is 26.6 Å². The summed E-state index contributed by atoms with van der Waals surface area (Å²) in [6.07, 6.45) is 6.73. The molecule has 10 heteroatoms. The predicted octanol–water partition coefficient (Wildman–Crippen LogP) is 2.96. The summed E-state index contributed by atoms with van der Waals surface area (Å²) in [5.41, 5.74) is 3.65. The first-order valence-corrected chi connectivity index (χ1v) is 10.4. The number of carbonyl (C=O) groups is 1. The molecule has 0 unspecified atom stereocenters. The van der Waals surface area contributed by atoms with Crippen LogP contribution in [-0.2, 0) is 17.6 Å². The van der Waals surface area contributed by atoms with Crippen molar-refractivity contribution in [3.05, 3.63) is 67.1 Å². The number of amides is 1. The molecule has 1 N–H and O–H groups in total. The summed E-state index contributed by atoms with van der Waals surface area (Å²) in [5.74, 6) is -0.482. The molecule has 1 aromatic carbocycles. The number of aryl methyl sites for hydroxylation is 2. The minimum absolute atomic E-state index is 0.0660. The van der Waals surface area contributed by atoms with E-state index in [0.717, 1.165) is 36.1 Å². The number of nitrogens with one attached hydrogen (secondary N) is 1. The van der Waals surface area contributed by atoms with Crippen molar-refractivity contribution in [3.63, 3.8) is 0 Å². The monoisotopic (exact) mass is 425 g/mol. The molecule has 4 rings (SSSR count). The zero-order valence-corrected chi connectivity index (χ0v) is 17.0. The smallest absolute Gasteiger partial charge is 0.270 e. The highest BCUT2D eigenvalue weighted by molar-refractivity contribution is 7.18. The summed E-state index contributed by atoms with van der Waals surface area (Å²) in [7, 11) is 0. The summed E-state index contributed by atoms with van der Waals surface area (Å²) < 4.78 is 1.32. The maximum absolute atomic E-state index is 13.1. The van der Waals surface area contributed by atoms with Crippen molar-refractivity contribution >= 4 is 39.4 Å². The van der Waals surface area contributed by atoms with Gasteiger partial charge in [0.15, 0.2) is 0 Å². The fourth-order valence-corrected chi connectivity index (χ4v) is 4.76. The van der Waals surface area contributed by atoms with E-state index in [0.29, 0.717) is 10.9 Å². The van der Waals surface area contributed by atoms with Gasteiger partial charge in [-0.05, 0) is 38.2 Å². The molecule has 1 amide bonds. The van der Waals surface area contributed by atoms with Crippen molar-refractivity contribution in [3.8, 4) is 0 Å². The van der Waals surface area contributed by atoms with Gasteiger partial charge in [0.1, 0.15) is 10.9 Å². The van der Waals surface area contributed by atoms with Gasteiger partial charge in [0.2, 0.25) is 0 Å². The van der Waals surface area contributed by atoms with Crippen LogP contribution < -0.4 is 11.0 Å². The normalized spacial score (nSPS) is 14.6. The Morgan fingerprint density at radius 2 is 2.20 bits per heavy atom. The van der Waals surface area contributed by atoms with Crippen molar-refractivity contribution in [1.82, 2.24) is 15.0 Å². The van der Waals surface area contributed by atoms with E-state index in [1.165, 1.54) is 40.2 Å². The zero-order chi connectivity index (χ0) is 21.3. The van der Waals surface area contributed by atoms with E-state index >= 15 is 0 Å². The largest absolute Gasteiger partial charge is 0.286 e. The molecule has 0 aliphatic heterocycles. The Bertz CT molecular complexity index is 1230. The number of hydrogen-bond donors (Lipinski definition) is 1. The predicted molar refractivity (Wildman–Crippen MR) is 114 cm³/mol. The van der Waals surface area contributed by atoms with E-state index in [9.17, 15) is 19.7 Å². The summed E-state index contributed by atoms with van der Waals surface area (Å²) in [6, 6.07) is 5.08. The topological polar surface area (TPSA) is 119 Å². The Morgan fingerprint density at radius 1 is 1.40 bits per heavy atom. The van der Waals surface area contributed by atoms with Crippen molar-refractivity contribution in [2.75, 3.05) is 0 Å². The van der Waals surface area contributed by atoms with Gasteiger partial charge >= 0.3 is 0 Å². The van der Waals surface area contributed by atoms with Gasteiger partial charge < -0.3 is 0 Å². The average molecular weight is 425 g/mol. The van der Waals surface area contributed by atoms with Gasteiger partial charge in [0.05, 0.1) is 22.9 Å². The SMILES string of the molecule is C[C@H](C(=O)N/N=C\c1cccc([N+](=O)[O-])c1)n1cnc2sc3c(c2c1=O)CCCC3. The zero-order valence-electron chi connectivity index (χ0n) is 16.2. The molecule has 2 aromatic heterocycles. The number of nitro benzene ring substituents is 1. The van der Waals surface area contributed by atoms with Gasteiger partial charge in [0.25, 0.3) is 17.2 Å². The Balaban J connectivity index is 1.53. The number of nitrogens with zero attached hydrogens (tertiary/aromatic N) is 4. The van der Waals surface area contributed by atoms with Crippen LogP contribution in [0.5, 0.6) is 0 Å². The van der Waals surface area contributed by atoms with Crippen molar-refractivity contribution in [1.29, 1.82) is 0 Å². The van der Waals surface area contributed by atoms with Crippen LogP contribution in [0.25, 0.3) is 10.2 Å². The maximum Gasteiger partial charge on any atom is 0.270 e. The lowest BCUT2D eigenvalue weighted by Crippen LogP contribution is -2.34. The number of benzene rings is 1. The van der Waals surface area contributed by atoms with Crippen LogP contribution in [0.1, 0.15) is 41.8 Å². The highest BCUT2D eigenvalue weighted by Crippen LogP contribution is 2.33. The Labute approximate surface area is 175 Å². The first kappa shape index (κ1) is 19.9. The number of rotatable bonds is 5. The van der Waals surface area contributed by atoms with Crippen LogP contribution in [0.4, 0.5) is 5.69 Å². The Kier molecular flexibility index (Phi) is 5.40. The molecule has 154 valence electrons. The van der Waals surface area contributed by atoms with E-state index in [1.807, 2.05) is 0 Å². The minimum Gasteiger partial charge on any atom is -0.286 e. The van der Waals surface area contributed by atoms with E-state index in [1.54, 1.807) is 24.3 Å². The molecule has 0 spiro atoms. The first-order valence-electron chi connectivity index (χ1n) is 9.54. The van der Waals surface area contributed by atoms with E-state index in [2.05, 4.69) is 15.5 Å². The number of thiophene rings is 1. The standard InChI is InChI=1S/C20H19N5O4S/c1-12(18(26)23-22-10-13-5-4-6-14(9-13)25(28)29)24-11-21-19-17(20(24)27)15-7-2-3-8-16(15)30-19/h4-6,9-12H,2-3,7-8H2,1H3,(H,23,26)/b22-10-/t12-/m1/s1. The molecule has 1 atom stereocenters. The van der Waals surface area contributed by atoms with Crippen LogP contribution in [0.3, 0.4) is 0 Å². The number of nitro groups is 1. The number of hydrogen-bond acceptors (Lipinski definition) is 7. The second kappa shape index (κ2) is 8.15. The molecule has 0 radical (unpaired) electrons. The summed E-state index contributed by atoms with van der Waals surface area (Å²) in [6.45, 7) is 1.60. The van der Waals surface area contributed by atoms with Gasteiger partial charge in [-0.2, -0.15) is 5.10 Å². The molecule has 2 heterocycles. The average Bonchev–Trinajstić information content (AvgIpc) is 3.13. The van der Waals surface area contributed by atoms with Crippen molar-refractivity contribution < 1.29 is 9.72 Å². The van der Waals surface area contributed by atoms with Crippen LogP contribution in [0.2, 0.25) is 0 Å². The quantitative estimate of drug-likeness (QED) is 0.383. The second-order valence-electron chi connectivity index (χ2n) is 7.11. The van der Waals surface area contributed by atoms with Gasteiger partial charge in [-0.15, -0.1) is 11.3 Å². The maximum atomic E-state index is 13.1. The Hall–Kier alpha value is -3.40. The molecule has 9 nitrogen and oxygen atoms in total. The van der Waals surface area contributed by atoms with Crippen LogP contribution in [0.15, 0.2) is 40.5 Å². The number of fused-ring (bicyclic) bond motifs is 3. The molecule has 0 fully saturated rings. The fourth-order valence-electron chi connectivity index (χ4n) is 3.54. The van der Waals surface area contributed by atoms with E-state index < -0.39 is 16.9 Å². The summed E-state index contributed by atoms with van der Waals surface area (Å²) in [5, 5.41) is 15.3. The molecule has 0 bridgehead atoms. The van der Waals surface area contributed by atoms with E-state index in [4.69, 9.17) is 0 Å². The third kappa shape index (κ3) is 3.73. The molecular formula is C20H19N5O4S. The highest BCUT2D eigenvalue weighted by atomic mass is 32.1. The summed E-state index contributed by atoms with van der Waals surface area (Å²) >= 11 is 1.56. The number of aromatic nitrogens is 2. The number of carbonyl (C=O) groups excluding carboxylic acids is 1. The van der Waals surface area contributed by atoms with Crippen molar-refractivity contribution in [2.45, 2.75) is 38.6 Å². The van der Waals surface area contributed by atoms with E-state index in [-0.39, 0.29) is 11.2 Å². The van der Waals surface area contributed by atoms with Crippen LogP contribution >= 0.6 is 11.3 Å². The summed E-state index contributed by atoms with van der Waals surface area (Å²) in [4.78, 5) is 42.2. The van der Waals surface area contributed by atoms with Gasteiger partial charge in [-0.1, -0.05) is 12.1 Å². The fraction of sp³-hybridized carbons (Fsp3) is 0.300. The molecule has 30 heavy (non-hydrogen) atoms. The molecular weight excluding hydrogens is 406 g/mol. The lowest BCUT2D eigenvalue weighted by molar-refractivity contribution is -0.384. The molecule has 0 saturated heterocycles. The molecule has 1 aliphatic rings. The second-order valence-corrected chi connectivity index (χ2v) is 8.19. The lowest BCUT2D eigenvalue weighted by atomic mass is 9.97. The highest BCUT2D eigenvalue weighted by Gasteiger charge is 2.23. The van der Waals surface area contributed by atoms with Crippen LogP contribution in [0, 0.1) is 10.1 Å². The minimum atomic E-state index is -0.809. The molecule has 0 saturated carbocycles. The number of non-ortho nitro benzene ring substituents is 1. The van der Waals surface area contributed by atoms with Crippen molar-refractivity contribution in [2.24, 2.45) is 5.10 Å². The van der Waals surface area contributed by atoms with Gasteiger partial charge in [-0.3, -0.25) is 24.3 Å². The number of hydrazone groups is 1. The first-order chi connectivity index (χ1) is 14.5. The Morgan fingerprint density at radius 3 is 3.00 bits per heavy atom.